The molecule has 0 radical (unpaired) electrons. The molecule has 1 aliphatic heterocycles. The van der Waals surface area contributed by atoms with E-state index in [2.05, 4.69) is 31.0 Å². The minimum atomic E-state index is -0.502. The average Bonchev–Trinajstić information content (AvgIpc) is 2.45. The van der Waals surface area contributed by atoms with Gasteiger partial charge in [0.1, 0.15) is 5.60 Å². The minimum Gasteiger partial charge on any atom is -0.444 e. The highest BCUT2D eigenvalue weighted by Crippen LogP contribution is 2.29. The summed E-state index contributed by atoms with van der Waals surface area (Å²) in [5, 5.41) is 2.93. The first-order valence-corrected chi connectivity index (χ1v) is 7.73. The van der Waals surface area contributed by atoms with Crippen LogP contribution in [0.4, 0.5) is 4.79 Å². The second-order valence-corrected chi connectivity index (χ2v) is 7.60. The van der Waals surface area contributed by atoms with Crippen LogP contribution < -0.4 is 5.32 Å². The van der Waals surface area contributed by atoms with Crippen LogP contribution in [0.15, 0.2) is 0 Å². The van der Waals surface area contributed by atoms with Crippen molar-refractivity contribution in [3.05, 3.63) is 0 Å². The van der Waals surface area contributed by atoms with Crippen LogP contribution in [-0.4, -0.2) is 41.6 Å². The molecule has 0 aromatic heterocycles. The van der Waals surface area contributed by atoms with Crippen LogP contribution in [0.1, 0.15) is 54.4 Å². The largest absolute Gasteiger partial charge is 0.444 e. The number of likely N-dealkylation sites (tertiary alicyclic amines) is 1. The summed E-state index contributed by atoms with van der Waals surface area (Å²) in [5.41, 5.74) is -0.594. The molecule has 124 valence electrons. The number of hydrogen-bond donors (Lipinski definition) is 1. The lowest BCUT2D eigenvalue weighted by Crippen LogP contribution is -2.41. The van der Waals surface area contributed by atoms with E-state index >= 15 is 0 Å². The molecule has 22 heavy (non-hydrogen) atoms. The second-order valence-electron chi connectivity index (χ2n) is 7.60. The van der Waals surface area contributed by atoms with Crippen molar-refractivity contribution in [1.29, 1.82) is 0 Å². The van der Waals surface area contributed by atoms with Gasteiger partial charge in [0.05, 0.1) is 0 Å². The van der Waals surface area contributed by atoms with E-state index in [1.807, 2.05) is 20.8 Å². The van der Waals surface area contributed by atoms with Gasteiger partial charge in [-0.25, -0.2) is 4.79 Å². The van der Waals surface area contributed by atoms with Gasteiger partial charge in [-0.3, -0.25) is 4.79 Å². The third kappa shape index (κ3) is 6.38. The molecule has 5 nitrogen and oxygen atoms in total. The van der Waals surface area contributed by atoms with Crippen LogP contribution in [0.5, 0.6) is 0 Å². The molecule has 1 fully saturated rings. The van der Waals surface area contributed by atoms with Crippen molar-refractivity contribution >= 4 is 12.0 Å². The topological polar surface area (TPSA) is 58.6 Å². The number of hydrogen-bond acceptors (Lipinski definition) is 3. The van der Waals surface area contributed by atoms with Crippen LogP contribution >= 0.6 is 0 Å². The first-order valence-electron chi connectivity index (χ1n) is 7.73. The Bertz CT molecular complexity index is 480. The Hall–Kier alpha value is -1.70. The molecule has 1 atom stereocenters. The maximum atomic E-state index is 12.3. The van der Waals surface area contributed by atoms with E-state index in [1.54, 1.807) is 11.8 Å². The van der Waals surface area contributed by atoms with Crippen molar-refractivity contribution in [2.75, 3.05) is 13.1 Å². The summed E-state index contributed by atoms with van der Waals surface area (Å²) in [6.07, 6.45) is 1.23. The summed E-state index contributed by atoms with van der Waals surface area (Å²) in [7, 11) is 0. The van der Waals surface area contributed by atoms with Gasteiger partial charge in [0.15, 0.2) is 0 Å². The minimum absolute atomic E-state index is 0.0239. The molecule has 0 aromatic rings. The van der Waals surface area contributed by atoms with Crippen molar-refractivity contribution in [3.63, 3.8) is 0 Å². The number of carbonyl (C=O) groups excluding carboxylic acids is 2. The molecular formula is C17H28N2O3. The maximum Gasteiger partial charge on any atom is 0.410 e. The first-order chi connectivity index (χ1) is 10.0. The predicted octanol–water partition coefficient (Wildman–Crippen LogP) is 2.55. The third-order valence-electron chi connectivity index (χ3n) is 3.39. The van der Waals surface area contributed by atoms with Gasteiger partial charge in [0, 0.05) is 19.1 Å². The Balaban J connectivity index is 2.74. The van der Waals surface area contributed by atoms with Crippen molar-refractivity contribution in [1.82, 2.24) is 10.2 Å². The van der Waals surface area contributed by atoms with Crippen molar-refractivity contribution in [2.45, 2.75) is 66.0 Å². The second kappa shape index (κ2) is 7.04. The van der Waals surface area contributed by atoms with Crippen molar-refractivity contribution in [3.8, 4) is 11.8 Å². The predicted molar refractivity (Wildman–Crippen MR) is 86.2 cm³/mol. The molecule has 0 saturated carbocycles. The molecule has 2 amide bonds. The average molecular weight is 308 g/mol. The summed E-state index contributed by atoms with van der Waals surface area (Å²) in [6.45, 7) is 12.6. The summed E-state index contributed by atoms with van der Waals surface area (Å²) < 4.78 is 5.46. The van der Waals surface area contributed by atoms with Crippen LogP contribution in [0.2, 0.25) is 0 Å². The number of nitrogens with zero attached hydrogens (tertiary/aromatic N) is 1. The number of ether oxygens (including phenoxy) is 1. The van der Waals surface area contributed by atoms with Crippen LogP contribution in [0, 0.1) is 17.3 Å². The Morgan fingerprint density at radius 3 is 2.50 bits per heavy atom. The van der Waals surface area contributed by atoms with E-state index in [0.717, 1.165) is 6.42 Å². The van der Waals surface area contributed by atoms with E-state index in [0.29, 0.717) is 19.5 Å². The lowest BCUT2D eigenvalue weighted by molar-refractivity contribution is -0.116. The first kappa shape index (κ1) is 18.3. The van der Waals surface area contributed by atoms with Gasteiger partial charge in [-0.05, 0) is 51.9 Å². The van der Waals surface area contributed by atoms with Crippen LogP contribution in [-0.2, 0) is 9.53 Å². The Morgan fingerprint density at radius 1 is 1.32 bits per heavy atom. The van der Waals surface area contributed by atoms with Crippen molar-refractivity contribution in [2.24, 2.45) is 5.41 Å². The lowest BCUT2D eigenvalue weighted by Gasteiger charge is -2.31. The highest BCUT2D eigenvalue weighted by atomic mass is 16.6. The van der Waals surface area contributed by atoms with Crippen molar-refractivity contribution < 1.29 is 14.3 Å². The normalized spacial score (nSPS) is 21.2. The molecule has 0 bridgehead atoms. The highest BCUT2D eigenvalue weighted by Gasteiger charge is 2.34. The summed E-state index contributed by atoms with van der Waals surface area (Å²) in [5.74, 6) is 4.84. The quantitative estimate of drug-likeness (QED) is 0.757. The fraction of sp³-hybridized carbons (Fsp3) is 0.765. The number of nitrogens with one attached hydrogen (secondary N) is 1. The fourth-order valence-electron chi connectivity index (χ4n) is 2.68. The van der Waals surface area contributed by atoms with Gasteiger partial charge in [-0.2, -0.15) is 0 Å². The smallest absolute Gasteiger partial charge is 0.410 e. The van der Waals surface area contributed by atoms with Crippen LogP contribution in [0.3, 0.4) is 0 Å². The Morgan fingerprint density at radius 2 is 1.95 bits per heavy atom. The van der Waals surface area contributed by atoms with Crippen LogP contribution in [0.25, 0.3) is 0 Å². The van der Waals surface area contributed by atoms with Gasteiger partial charge in [0.2, 0.25) is 0 Å². The third-order valence-corrected chi connectivity index (χ3v) is 3.39. The molecule has 0 aliphatic carbocycles. The number of carbonyl (C=O) groups is 2. The molecule has 1 unspecified atom stereocenters. The molecule has 5 heteroatoms. The fourth-order valence-corrected chi connectivity index (χ4v) is 2.68. The molecular weight excluding hydrogens is 280 g/mol. The van der Waals surface area contributed by atoms with Gasteiger partial charge in [-0.1, -0.05) is 19.8 Å². The maximum absolute atomic E-state index is 12.3. The van der Waals surface area contributed by atoms with Gasteiger partial charge in [0.25, 0.3) is 5.91 Å². The molecule has 1 rings (SSSR count). The number of rotatable bonds is 1. The summed E-state index contributed by atoms with van der Waals surface area (Å²) in [4.78, 5) is 25.7. The molecule has 0 spiro atoms. The van der Waals surface area contributed by atoms with Gasteiger partial charge >= 0.3 is 6.09 Å². The monoisotopic (exact) mass is 308 g/mol. The van der Waals surface area contributed by atoms with E-state index in [-0.39, 0.29) is 23.5 Å². The standard InChI is InChI=1S/C17H28N2O3/c1-7-8-14(20)18-13-9-10-19(12-17(5,6)11-13)15(21)22-16(2,3)4/h13H,9-12H2,1-6H3,(H,18,20). The molecule has 1 N–H and O–H groups in total. The highest BCUT2D eigenvalue weighted by molar-refractivity contribution is 5.93. The van der Waals surface area contributed by atoms with Gasteiger partial charge in [-0.15, -0.1) is 0 Å². The van der Waals surface area contributed by atoms with E-state index in [4.69, 9.17) is 4.74 Å². The zero-order valence-electron chi connectivity index (χ0n) is 14.6. The van der Waals surface area contributed by atoms with E-state index in [1.165, 1.54) is 0 Å². The molecule has 1 heterocycles. The summed E-state index contributed by atoms with van der Waals surface area (Å²) in [6, 6.07) is 0.0239. The van der Waals surface area contributed by atoms with Gasteiger partial charge < -0.3 is 15.0 Å². The summed E-state index contributed by atoms with van der Waals surface area (Å²) >= 11 is 0. The van der Waals surface area contributed by atoms with E-state index < -0.39 is 5.60 Å². The zero-order chi connectivity index (χ0) is 17.0. The molecule has 1 aliphatic rings. The molecule has 1 saturated heterocycles. The van der Waals surface area contributed by atoms with E-state index in [9.17, 15) is 9.59 Å². The molecule has 0 aromatic carbocycles. The Labute approximate surface area is 133 Å². The number of amides is 2. The lowest BCUT2D eigenvalue weighted by atomic mass is 9.86. The Kier molecular flexibility index (Phi) is 5.87. The SMILES string of the molecule is CC#CC(=O)NC1CCN(C(=O)OC(C)(C)C)CC(C)(C)C1. The zero-order valence-corrected chi connectivity index (χ0v) is 14.6.